The van der Waals surface area contributed by atoms with Crippen LogP contribution in [0.4, 0.5) is 0 Å². The van der Waals surface area contributed by atoms with Crippen LogP contribution in [0.1, 0.15) is 16.1 Å². The summed E-state index contributed by atoms with van der Waals surface area (Å²) in [6.45, 7) is 0. The van der Waals surface area contributed by atoms with E-state index in [1.807, 2.05) is 0 Å². The van der Waals surface area contributed by atoms with E-state index in [1.54, 1.807) is 31.4 Å². The van der Waals surface area contributed by atoms with Gasteiger partial charge in [0.25, 0.3) is 0 Å². The molecule has 1 aromatic heterocycles. The molecule has 94 valence electrons. The van der Waals surface area contributed by atoms with Gasteiger partial charge in [0, 0.05) is 13.2 Å². The largest absolute Gasteiger partial charge is 0.478 e. The van der Waals surface area contributed by atoms with E-state index >= 15 is 0 Å². The highest BCUT2D eigenvalue weighted by Crippen LogP contribution is 2.16. The fraction of sp³-hybridized carbons (Fsp3) is 0.182. The van der Waals surface area contributed by atoms with Gasteiger partial charge in [-0.1, -0.05) is 17.3 Å². The van der Waals surface area contributed by atoms with E-state index in [2.05, 4.69) is 10.3 Å². The summed E-state index contributed by atoms with van der Waals surface area (Å²) in [7, 11) is 0.263. The highest BCUT2D eigenvalue weighted by Gasteiger charge is 2.15. The Bertz CT molecular complexity index is 609. The highest BCUT2D eigenvalue weighted by molar-refractivity contribution is 7.84. The third-order valence-corrected chi connectivity index (χ3v) is 3.70. The van der Waals surface area contributed by atoms with Crippen molar-refractivity contribution in [2.24, 2.45) is 7.05 Å². The average molecular weight is 265 g/mol. The number of hydrogen-bond donors (Lipinski definition) is 1. The summed E-state index contributed by atoms with van der Waals surface area (Å²) in [5.74, 6) is -0.934. The highest BCUT2D eigenvalue weighted by atomic mass is 32.2. The maximum absolute atomic E-state index is 12.1. The lowest BCUT2D eigenvalue weighted by Gasteiger charge is -2.04. The number of hydrogen-bond acceptors (Lipinski definition) is 4. The third kappa shape index (κ3) is 2.62. The minimum Gasteiger partial charge on any atom is -0.478 e. The first-order valence-corrected chi connectivity index (χ1v) is 6.45. The molecule has 1 N–H and O–H groups in total. The second-order valence-corrected chi connectivity index (χ2v) is 5.09. The molecule has 18 heavy (non-hydrogen) atoms. The van der Waals surface area contributed by atoms with Gasteiger partial charge in [-0.05, 0) is 12.1 Å². The summed E-state index contributed by atoms with van der Waals surface area (Å²) in [4.78, 5) is 11.3. The van der Waals surface area contributed by atoms with Gasteiger partial charge in [0.05, 0.1) is 32.7 Å². The van der Waals surface area contributed by atoms with E-state index in [1.165, 1.54) is 10.7 Å². The number of aromatic carboxylic acids is 1. The van der Waals surface area contributed by atoms with Crippen LogP contribution in [0.25, 0.3) is 0 Å². The molecular formula is C11H11N3O3S. The molecule has 6 nitrogen and oxygen atoms in total. The Morgan fingerprint density at radius 1 is 1.44 bits per heavy atom. The van der Waals surface area contributed by atoms with Crippen molar-refractivity contribution in [2.45, 2.75) is 10.6 Å². The van der Waals surface area contributed by atoms with E-state index in [0.717, 1.165) is 0 Å². The molecule has 0 amide bonds. The van der Waals surface area contributed by atoms with Crippen LogP contribution in [0.15, 0.2) is 35.4 Å². The van der Waals surface area contributed by atoms with Gasteiger partial charge in [-0.2, -0.15) is 0 Å². The van der Waals surface area contributed by atoms with Crippen molar-refractivity contribution < 1.29 is 14.1 Å². The Hall–Kier alpha value is -2.02. The lowest BCUT2D eigenvalue weighted by atomic mass is 10.2. The summed E-state index contributed by atoms with van der Waals surface area (Å²) >= 11 is 0. The Kier molecular flexibility index (Phi) is 3.52. The predicted octanol–water partition coefficient (Wildman–Crippen LogP) is 0.821. The number of aromatic nitrogens is 3. The summed E-state index contributed by atoms with van der Waals surface area (Å²) < 4.78 is 13.6. The maximum atomic E-state index is 12.1. The Balaban J connectivity index is 2.26. The van der Waals surface area contributed by atoms with Crippen LogP contribution < -0.4 is 0 Å². The normalized spacial score (nSPS) is 12.3. The molecule has 0 spiro atoms. The molecule has 0 aliphatic heterocycles. The zero-order valence-electron chi connectivity index (χ0n) is 9.61. The first-order valence-electron chi connectivity index (χ1n) is 5.14. The van der Waals surface area contributed by atoms with Crippen LogP contribution >= 0.6 is 0 Å². The van der Waals surface area contributed by atoms with E-state index in [0.29, 0.717) is 10.6 Å². The smallest absolute Gasteiger partial charge is 0.336 e. The lowest BCUT2D eigenvalue weighted by Crippen LogP contribution is -2.05. The second kappa shape index (κ2) is 5.09. The first-order chi connectivity index (χ1) is 8.58. The standard InChI is InChI=1S/C11H11N3O3S/c1-14-6-8(12-13-14)7-18(17)10-5-3-2-4-9(10)11(15)16/h2-6H,7H2,1H3,(H,15,16). The molecule has 0 saturated heterocycles. The van der Waals surface area contributed by atoms with Crippen molar-refractivity contribution >= 4 is 16.8 Å². The second-order valence-electron chi connectivity index (χ2n) is 3.67. The SMILES string of the molecule is Cn1cc(CS(=O)c2ccccc2C(=O)O)nn1. The molecule has 1 atom stereocenters. The summed E-state index contributed by atoms with van der Waals surface area (Å²) in [6, 6.07) is 6.25. The van der Waals surface area contributed by atoms with Crippen molar-refractivity contribution in [1.82, 2.24) is 15.0 Å². The van der Waals surface area contributed by atoms with Crippen molar-refractivity contribution in [3.63, 3.8) is 0 Å². The Labute approximate surface area is 106 Å². The Morgan fingerprint density at radius 2 is 2.17 bits per heavy atom. The molecule has 0 aliphatic rings. The molecule has 0 bridgehead atoms. The van der Waals surface area contributed by atoms with Crippen molar-refractivity contribution in [2.75, 3.05) is 0 Å². The van der Waals surface area contributed by atoms with Gasteiger partial charge in [-0.25, -0.2) is 4.79 Å². The topological polar surface area (TPSA) is 85.1 Å². The Morgan fingerprint density at radius 3 is 2.78 bits per heavy atom. The van der Waals surface area contributed by atoms with E-state index < -0.39 is 16.8 Å². The number of carbonyl (C=O) groups is 1. The van der Waals surface area contributed by atoms with Gasteiger partial charge in [0.2, 0.25) is 0 Å². The van der Waals surface area contributed by atoms with E-state index in [-0.39, 0.29) is 11.3 Å². The van der Waals surface area contributed by atoms with Crippen LogP contribution in [-0.4, -0.2) is 30.3 Å². The van der Waals surface area contributed by atoms with Crippen molar-refractivity contribution in [1.29, 1.82) is 0 Å². The molecular weight excluding hydrogens is 254 g/mol. The van der Waals surface area contributed by atoms with Gasteiger partial charge in [-0.15, -0.1) is 5.10 Å². The number of rotatable bonds is 4. The van der Waals surface area contributed by atoms with Gasteiger partial charge >= 0.3 is 5.97 Å². The zero-order valence-corrected chi connectivity index (χ0v) is 10.4. The van der Waals surface area contributed by atoms with Crippen LogP contribution in [0.5, 0.6) is 0 Å². The summed E-state index contributed by atoms with van der Waals surface area (Å²) in [5, 5.41) is 16.6. The van der Waals surface area contributed by atoms with Crippen LogP contribution in [0.2, 0.25) is 0 Å². The van der Waals surface area contributed by atoms with Crippen LogP contribution in [0, 0.1) is 0 Å². The number of carboxylic acid groups (broad SMARTS) is 1. The number of benzene rings is 1. The number of carboxylic acids is 1. The number of aryl methyl sites for hydroxylation is 1. The van der Waals surface area contributed by atoms with E-state index in [4.69, 9.17) is 5.11 Å². The molecule has 2 rings (SSSR count). The monoisotopic (exact) mass is 265 g/mol. The molecule has 2 aromatic rings. The minimum absolute atomic E-state index is 0.0553. The zero-order chi connectivity index (χ0) is 13.1. The fourth-order valence-electron chi connectivity index (χ4n) is 1.52. The molecule has 1 unspecified atom stereocenters. The molecule has 0 aliphatic carbocycles. The minimum atomic E-state index is -1.45. The molecule has 0 radical (unpaired) electrons. The average Bonchev–Trinajstić information content (AvgIpc) is 2.74. The summed E-state index contributed by atoms with van der Waals surface area (Å²) in [5.41, 5.74) is 0.621. The van der Waals surface area contributed by atoms with Gasteiger partial charge in [0.1, 0.15) is 0 Å². The van der Waals surface area contributed by atoms with Crippen molar-refractivity contribution in [3.8, 4) is 0 Å². The quantitative estimate of drug-likeness (QED) is 0.884. The lowest BCUT2D eigenvalue weighted by molar-refractivity contribution is 0.0693. The van der Waals surface area contributed by atoms with E-state index in [9.17, 15) is 9.00 Å². The molecule has 7 heteroatoms. The van der Waals surface area contributed by atoms with Crippen molar-refractivity contribution in [3.05, 3.63) is 41.7 Å². The van der Waals surface area contributed by atoms with Crippen LogP contribution in [-0.2, 0) is 23.6 Å². The fourth-order valence-corrected chi connectivity index (χ4v) is 2.70. The molecule has 0 saturated carbocycles. The third-order valence-electron chi connectivity index (χ3n) is 2.29. The van der Waals surface area contributed by atoms with Crippen LogP contribution in [0.3, 0.4) is 0 Å². The maximum Gasteiger partial charge on any atom is 0.336 e. The predicted molar refractivity (Wildman–Crippen MR) is 64.5 cm³/mol. The molecule has 1 heterocycles. The van der Waals surface area contributed by atoms with Gasteiger partial charge < -0.3 is 5.11 Å². The summed E-state index contributed by atoms with van der Waals surface area (Å²) in [6.07, 6.45) is 1.65. The van der Waals surface area contributed by atoms with Gasteiger partial charge in [-0.3, -0.25) is 8.89 Å². The molecule has 0 fully saturated rings. The van der Waals surface area contributed by atoms with Gasteiger partial charge in [0.15, 0.2) is 0 Å². The first kappa shape index (κ1) is 12.4. The number of nitrogens with zero attached hydrogens (tertiary/aromatic N) is 3. The molecule has 1 aromatic carbocycles.